The normalized spacial score (nSPS) is 21.4. The molecule has 16 nitrogen and oxygen atoms in total. The molecule has 1 aromatic carbocycles. The van der Waals surface area contributed by atoms with Crippen molar-refractivity contribution in [3.63, 3.8) is 0 Å². The molecule has 4 aromatic heterocycles. The van der Waals surface area contributed by atoms with Crippen molar-refractivity contribution in [1.29, 1.82) is 5.26 Å². The predicted molar refractivity (Wildman–Crippen MR) is 213 cm³/mol. The molecule has 0 bridgehead atoms. The van der Waals surface area contributed by atoms with Gasteiger partial charge in [-0.25, -0.2) is 14.3 Å². The summed E-state index contributed by atoms with van der Waals surface area (Å²) < 4.78 is 3.58. The molecule has 0 radical (unpaired) electrons. The second-order valence-electron chi connectivity index (χ2n) is 16.2. The van der Waals surface area contributed by atoms with Gasteiger partial charge in [-0.15, -0.1) is 0 Å². The Morgan fingerprint density at radius 2 is 1.67 bits per heavy atom. The Morgan fingerprint density at radius 3 is 2.35 bits per heavy atom. The first-order valence-corrected chi connectivity index (χ1v) is 19.8. The zero-order chi connectivity index (χ0) is 39.4. The first-order chi connectivity index (χ1) is 27.5. The van der Waals surface area contributed by atoms with Gasteiger partial charge in [-0.3, -0.25) is 34.3 Å². The number of urea groups is 1. The fraction of sp³-hybridized carbons (Fsp3) is 0.439. The van der Waals surface area contributed by atoms with Crippen LogP contribution in [0.4, 0.5) is 22.0 Å². The molecule has 3 N–H and O–H groups in total. The van der Waals surface area contributed by atoms with Crippen LogP contribution in [0.2, 0.25) is 0 Å². The van der Waals surface area contributed by atoms with E-state index in [-0.39, 0.29) is 24.3 Å². The van der Waals surface area contributed by atoms with Crippen molar-refractivity contribution in [2.24, 2.45) is 0 Å². The van der Waals surface area contributed by atoms with Crippen LogP contribution in [0.1, 0.15) is 73.6 Å². The summed E-state index contributed by atoms with van der Waals surface area (Å²) in [4.78, 5) is 50.8. The van der Waals surface area contributed by atoms with E-state index in [0.717, 1.165) is 81.5 Å². The third-order valence-corrected chi connectivity index (χ3v) is 12.1. The first kappa shape index (κ1) is 36.7. The second-order valence-corrected chi connectivity index (χ2v) is 16.2. The minimum Gasteiger partial charge on any atom is -0.386 e. The molecule has 0 atom stereocenters. The maximum Gasteiger partial charge on any atom is 0.329 e. The molecule has 5 aromatic rings. The maximum atomic E-state index is 13.5. The number of nitrogens with zero attached hydrogens (tertiary/aromatic N) is 10. The average Bonchev–Trinajstić information content (AvgIpc) is 3.81. The van der Waals surface area contributed by atoms with E-state index in [2.05, 4.69) is 52.4 Å². The monoisotopic (exact) mass is 770 g/mol. The number of anilines is 3. The van der Waals surface area contributed by atoms with Crippen molar-refractivity contribution in [1.82, 2.24) is 39.5 Å². The highest BCUT2D eigenvalue weighted by Crippen LogP contribution is 2.36. The number of nitriles is 1. The minimum atomic E-state index is -1.23. The molecule has 4 fully saturated rings. The Balaban J connectivity index is 0.779. The highest BCUT2D eigenvalue weighted by atomic mass is 16.3. The van der Waals surface area contributed by atoms with Gasteiger partial charge in [-0.2, -0.15) is 15.5 Å². The number of benzene rings is 1. The van der Waals surface area contributed by atoms with E-state index in [1.807, 2.05) is 30.5 Å². The Hall–Kier alpha value is -5.89. The van der Waals surface area contributed by atoms with Crippen LogP contribution in [-0.4, -0.2) is 115 Å². The van der Waals surface area contributed by atoms with E-state index in [1.165, 1.54) is 15.6 Å². The molecule has 1 saturated carbocycles. The molecule has 0 unspecified atom stereocenters. The molecule has 4 aliphatic rings. The van der Waals surface area contributed by atoms with Crippen molar-refractivity contribution >= 4 is 51.5 Å². The summed E-state index contributed by atoms with van der Waals surface area (Å²) >= 11 is 0. The number of aliphatic hydroxyl groups is 1. The summed E-state index contributed by atoms with van der Waals surface area (Å²) in [7, 11) is 0. The van der Waals surface area contributed by atoms with E-state index in [4.69, 9.17) is 5.10 Å². The van der Waals surface area contributed by atoms with Gasteiger partial charge < -0.3 is 15.3 Å². The SMILES string of the molecule is CC(C)(O)c1cc2nn(C3CCC(N4CCN(C5CN(c6ccc(N7CCC(=O)NC7=O)nc6)C5)CC4)CC3)cc2cc1NC(=O)c1ccc2cc(C#N)cnn12. The van der Waals surface area contributed by atoms with Crippen LogP contribution in [0.5, 0.6) is 0 Å². The number of rotatable bonds is 8. The Morgan fingerprint density at radius 1 is 0.930 bits per heavy atom. The van der Waals surface area contributed by atoms with Gasteiger partial charge in [-0.1, -0.05) is 0 Å². The number of imide groups is 1. The molecule has 3 aliphatic heterocycles. The first-order valence-electron chi connectivity index (χ1n) is 19.8. The topological polar surface area (TPSA) is 180 Å². The smallest absolute Gasteiger partial charge is 0.329 e. The molecule has 3 saturated heterocycles. The number of hydrogen-bond donors (Lipinski definition) is 3. The standard InChI is InChI=1S/C41H46N12O4/c1-41(2,57)33-19-34-27(18-35(33)45-39(55)36-9-7-30-17-26(20-42)21-44-53(30)36)23-52(47-34)29-5-3-28(4-6-29)48-13-15-49(16-14-48)32-24-50(25-32)31-8-10-37(43-22-31)51-12-11-38(54)46-40(51)56/h7-10,17-19,21-23,28-29,32,57H,3-6,11-16,24-25H2,1-2H3,(H,45,55)(H,46,54,56). The zero-order valence-electron chi connectivity index (χ0n) is 32.1. The van der Waals surface area contributed by atoms with E-state index in [0.29, 0.717) is 52.5 Å². The van der Waals surface area contributed by atoms with E-state index in [9.17, 15) is 24.8 Å². The number of fused-ring (bicyclic) bond motifs is 2. The number of aromatic nitrogens is 5. The van der Waals surface area contributed by atoms with Gasteiger partial charge in [0, 0.05) is 87.2 Å². The molecular weight excluding hydrogens is 725 g/mol. The lowest BCUT2D eigenvalue weighted by Crippen LogP contribution is -2.64. The molecule has 0 spiro atoms. The van der Waals surface area contributed by atoms with E-state index >= 15 is 0 Å². The fourth-order valence-corrected chi connectivity index (χ4v) is 8.87. The quantitative estimate of drug-likeness (QED) is 0.209. The highest BCUT2D eigenvalue weighted by molar-refractivity contribution is 6.06. The summed E-state index contributed by atoms with van der Waals surface area (Å²) in [5.74, 6) is -0.0662. The Labute approximate surface area is 329 Å². The summed E-state index contributed by atoms with van der Waals surface area (Å²) in [5, 5.41) is 35.9. The lowest BCUT2D eigenvalue weighted by molar-refractivity contribution is -0.120. The number of hydrogen-bond acceptors (Lipinski definition) is 11. The van der Waals surface area contributed by atoms with Crippen molar-refractivity contribution < 1.29 is 19.5 Å². The minimum absolute atomic E-state index is 0.252. The van der Waals surface area contributed by atoms with Crippen molar-refractivity contribution in [3.05, 3.63) is 77.9 Å². The van der Waals surface area contributed by atoms with Crippen LogP contribution < -0.4 is 20.4 Å². The summed E-state index contributed by atoms with van der Waals surface area (Å²) in [6.07, 6.45) is 9.88. The van der Waals surface area contributed by atoms with Crippen LogP contribution in [0, 0.1) is 11.3 Å². The van der Waals surface area contributed by atoms with Crippen LogP contribution in [0.3, 0.4) is 0 Å². The molecule has 4 amide bonds. The average molecular weight is 771 g/mol. The molecule has 1 aliphatic carbocycles. The predicted octanol–water partition coefficient (Wildman–Crippen LogP) is 3.87. The number of piperazine rings is 1. The van der Waals surface area contributed by atoms with Crippen LogP contribution in [0.25, 0.3) is 16.4 Å². The van der Waals surface area contributed by atoms with Crippen molar-refractivity contribution in [3.8, 4) is 6.07 Å². The van der Waals surface area contributed by atoms with Crippen molar-refractivity contribution in [2.75, 3.05) is 60.9 Å². The molecular formula is C41H46N12O4. The molecule has 57 heavy (non-hydrogen) atoms. The van der Waals surface area contributed by atoms with Crippen LogP contribution >= 0.6 is 0 Å². The van der Waals surface area contributed by atoms with Crippen molar-refractivity contribution in [2.45, 2.75) is 69.7 Å². The van der Waals surface area contributed by atoms with Crippen LogP contribution in [-0.2, 0) is 10.4 Å². The van der Waals surface area contributed by atoms with Gasteiger partial charge in [-0.05, 0) is 82.0 Å². The Kier molecular flexibility index (Phi) is 9.38. The van der Waals surface area contributed by atoms with Gasteiger partial charge in [0.1, 0.15) is 17.6 Å². The summed E-state index contributed by atoms with van der Waals surface area (Å²) in [6, 6.07) is 15.7. The van der Waals surface area contributed by atoms with E-state index in [1.54, 1.807) is 32.0 Å². The molecule has 7 heterocycles. The highest BCUT2D eigenvalue weighted by Gasteiger charge is 2.36. The molecule has 16 heteroatoms. The summed E-state index contributed by atoms with van der Waals surface area (Å²) in [6.45, 7) is 9.91. The lowest BCUT2D eigenvalue weighted by atomic mass is 9.89. The van der Waals surface area contributed by atoms with Gasteiger partial charge in [0.2, 0.25) is 5.91 Å². The van der Waals surface area contributed by atoms with Gasteiger partial charge in [0.15, 0.2) is 0 Å². The zero-order valence-corrected chi connectivity index (χ0v) is 32.1. The Bertz CT molecular complexity index is 2390. The maximum absolute atomic E-state index is 13.5. The number of amides is 4. The number of carbonyl (C=O) groups excluding carboxylic acids is 3. The number of carbonyl (C=O) groups is 3. The molecule has 9 rings (SSSR count). The third kappa shape index (κ3) is 7.18. The van der Waals surface area contributed by atoms with Gasteiger partial charge >= 0.3 is 6.03 Å². The molecule has 294 valence electrons. The second kappa shape index (κ2) is 14.6. The van der Waals surface area contributed by atoms with E-state index < -0.39 is 11.6 Å². The van der Waals surface area contributed by atoms with Crippen LogP contribution in [0.15, 0.2) is 61.1 Å². The van der Waals surface area contributed by atoms with Gasteiger partial charge in [0.05, 0.1) is 46.3 Å². The lowest BCUT2D eigenvalue weighted by Gasteiger charge is -2.50. The summed E-state index contributed by atoms with van der Waals surface area (Å²) in [5.41, 5.74) is 3.05. The fourth-order valence-electron chi connectivity index (χ4n) is 8.87. The number of nitrogens with one attached hydrogen (secondary N) is 2. The third-order valence-electron chi connectivity index (χ3n) is 12.1. The number of pyridine rings is 1. The largest absolute Gasteiger partial charge is 0.386 e. The van der Waals surface area contributed by atoms with Gasteiger partial charge in [0.25, 0.3) is 5.91 Å².